The zero-order chi connectivity index (χ0) is 19.6. The molecule has 0 spiro atoms. The van der Waals surface area contributed by atoms with Crippen LogP contribution in [0.4, 0.5) is 10.5 Å². The summed E-state index contributed by atoms with van der Waals surface area (Å²) in [6.07, 6.45) is 4.57. The molecule has 1 aliphatic rings. The Labute approximate surface area is 163 Å². The van der Waals surface area contributed by atoms with E-state index in [1.165, 1.54) is 0 Å². The summed E-state index contributed by atoms with van der Waals surface area (Å²) in [5.74, 6) is 1.45. The third kappa shape index (κ3) is 3.55. The van der Waals surface area contributed by atoms with Crippen molar-refractivity contribution < 1.29 is 9.53 Å². The number of benzene rings is 2. The van der Waals surface area contributed by atoms with Crippen molar-refractivity contribution in [3.63, 3.8) is 0 Å². The molecule has 7 nitrogen and oxygen atoms in total. The van der Waals surface area contributed by atoms with Crippen molar-refractivity contribution in [2.24, 2.45) is 7.05 Å². The van der Waals surface area contributed by atoms with Gasteiger partial charge in [0.2, 0.25) is 0 Å². The predicted octanol–water partition coefficient (Wildman–Crippen LogP) is 3.69. The number of urea groups is 1. The van der Waals surface area contributed by atoms with Crippen LogP contribution in [0, 0.1) is 0 Å². The van der Waals surface area contributed by atoms with Gasteiger partial charge in [-0.1, -0.05) is 12.1 Å². The van der Waals surface area contributed by atoms with Crippen molar-refractivity contribution in [2.45, 2.75) is 24.8 Å². The molecule has 1 fully saturated rings. The van der Waals surface area contributed by atoms with Crippen molar-refractivity contribution in [2.75, 3.05) is 12.4 Å². The standard InChI is InChI=1S/C21H23N5O2/c1-26-14-22-19(25-26)15-7-9-17(10-8-15)23-20(27)24-21(11-4-12-21)16-5-3-6-18(13-16)28-2/h3,5-10,13-14H,4,11-12H2,1-2H3,(H2,23,24,27). The van der Waals surface area contributed by atoms with E-state index in [0.717, 1.165) is 41.8 Å². The third-order valence-electron chi connectivity index (χ3n) is 5.18. The summed E-state index contributed by atoms with van der Waals surface area (Å²) in [7, 11) is 3.48. The number of amides is 2. The van der Waals surface area contributed by atoms with Gasteiger partial charge in [0.05, 0.1) is 12.6 Å². The first-order valence-electron chi connectivity index (χ1n) is 9.28. The normalized spacial score (nSPS) is 14.8. The fourth-order valence-electron chi connectivity index (χ4n) is 3.49. The van der Waals surface area contributed by atoms with Gasteiger partial charge in [-0.15, -0.1) is 0 Å². The van der Waals surface area contributed by atoms with Crippen LogP contribution in [0.15, 0.2) is 54.9 Å². The molecule has 1 aromatic heterocycles. The van der Waals surface area contributed by atoms with E-state index in [9.17, 15) is 4.79 Å². The smallest absolute Gasteiger partial charge is 0.319 e. The van der Waals surface area contributed by atoms with Gasteiger partial charge in [0.1, 0.15) is 12.1 Å². The van der Waals surface area contributed by atoms with Crippen LogP contribution in [0.5, 0.6) is 5.75 Å². The second-order valence-electron chi connectivity index (χ2n) is 7.07. The quantitative estimate of drug-likeness (QED) is 0.710. The van der Waals surface area contributed by atoms with E-state index in [1.807, 2.05) is 55.6 Å². The second-order valence-corrected chi connectivity index (χ2v) is 7.07. The van der Waals surface area contributed by atoms with Crippen LogP contribution >= 0.6 is 0 Å². The van der Waals surface area contributed by atoms with Gasteiger partial charge in [-0.2, -0.15) is 5.10 Å². The van der Waals surface area contributed by atoms with Crippen molar-refractivity contribution in [3.05, 3.63) is 60.4 Å². The Kier molecular flexibility index (Phi) is 4.73. The van der Waals surface area contributed by atoms with Crippen molar-refractivity contribution in [3.8, 4) is 17.1 Å². The molecule has 7 heteroatoms. The van der Waals surface area contributed by atoms with E-state index < -0.39 is 0 Å². The molecule has 0 bridgehead atoms. The topological polar surface area (TPSA) is 81.1 Å². The van der Waals surface area contributed by atoms with Crippen molar-refractivity contribution >= 4 is 11.7 Å². The van der Waals surface area contributed by atoms with Crippen LogP contribution in [0.3, 0.4) is 0 Å². The molecule has 0 atom stereocenters. The number of nitrogens with zero attached hydrogens (tertiary/aromatic N) is 3. The monoisotopic (exact) mass is 377 g/mol. The lowest BCUT2D eigenvalue weighted by Gasteiger charge is -2.43. The minimum Gasteiger partial charge on any atom is -0.497 e. The highest BCUT2D eigenvalue weighted by Crippen LogP contribution is 2.42. The van der Waals surface area contributed by atoms with Crippen LogP contribution in [0.1, 0.15) is 24.8 Å². The number of carbonyl (C=O) groups excluding carboxylic acids is 1. The van der Waals surface area contributed by atoms with E-state index in [2.05, 4.69) is 20.7 Å². The van der Waals surface area contributed by atoms with Gasteiger partial charge < -0.3 is 15.4 Å². The zero-order valence-electron chi connectivity index (χ0n) is 16.0. The van der Waals surface area contributed by atoms with Gasteiger partial charge in [-0.05, 0) is 61.2 Å². The summed E-state index contributed by atoms with van der Waals surface area (Å²) in [5, 5.41) is 10.4. The minimum atomic E-state index is -0.337. The molecule has 1 heterocycles. The summed E-state index contributed by atoms with van der Waals surface area (Å²) in [6, 6.07) is 15.2. The molecule has 2 amide bonds. The number of methoxy groups -OCH3 is 1. The molecule has 144 valence electrons. The molecule has 1 saturated carbocycles. The fraction of sp³-hybridized carbons (Fsp3) is 0.286. The van der Waals surface area contributed by atoms with Gasteiger partial charge in [-0.3, -0.25) is 4.68 Å². The van der Waals surface area contributed by atoms with Crippen LogP contribution in [-0.4, -0.2) is 27.9 Å². The molecular weight excluding hydrogens is 354 g/mol. The highest BCUT2D eigenvalue weighted by atomic mass is 16.5. The van der Waals surface area contributed by atoms with Crippen LogP contribution in [-0.2, 0) is 12.6 Å². The zero-order valence-corrected chi connectivity index (χ0v) is 16.0. The lowest BCUT2D eigenvalue weighted by Crippen LogP contribution is -2.52. The molecule has 28 heavy (non-hydrogen) atoms. The molecule has 1 aliphatic carbocycles. The van der Waals surface area contributed by atoms with E-state index in [1.54, 1.807) is 18.1 Å². The van der Waals surface area contributed by atoms with Crippen molar-refractivity contribution in [1.82, 2.24) is 20.1 Å². The SMILES string of the molecule is COc1cccc(C2(NC(=O)Nc3ccc(-c4ncn(C)n4)cc3)CCC2)c1. The Bertz CT molecular complexity index is 976. The van der Waals surface area contributed by atoms with Gasteiger partial charge in [0.15, 0.2) is 5.82 Å². The molecule has 2 aromatic carbocycles. The number of hydrogen-bond donors (Lipinski definition) is 2. The first-order chi connectivity index (χ1) is 13.6. The van der Waals surface area contributed by atoms with Gasteiger partial charge in [0, 0.05) is 18.3 Å². The largest absolute Gasteiger partial charge is 0.497 e. The summed E-state index contributed by atoms with van der Waals surface area (Å²) in [4.78, 5) is 16.9. The number of nitrogens with one attached hydrogen (secondary N) is 2. The Morgan fingerprint density at radius 2 is 1.96 bits per heavy atom. The Morgan fingerprint density at radius 3 is 2.57 bits per heavy atom. The van der Waals surface area contributed by atoms with Crippen LogP contribution in [0.2, 0.25) is 0 Å². The van der Waals surface area contributed by atoms with E-state index in [4.69, 9.17) is 4.74 Å². The highest BCUT2D eigenvalue weighted by Gasteiger charge is 2.40. The second kappa shape index (κ2) is 7.34. The summed E-state index contributed by atoms with van der Waals surface area (Å²) >= 11 is 0. The van der Waals surface area contributed by atoms with Crippen molar-refractivity contribution in [1.29, 1.82) is 0 Å². The predicted molar refractivity (Wildman–Crippen MR) is 107 cm³/mol. The Hall–Kier alpha value is -3.35. The third-order valence-corrected chi connectivity index (χ3v) is 5.18. The van der Waals surface area contributed by atoms with Crippen LogP contribution in [0.25, 0.3) is 11.4 Å². The Morgan fingerprint density at radius 1 is 1.18 bits per heavy atom. The molecule has 4 rings (SSSR count). The van der Waals surface area contributed by atoms with Crippen LogP contribution < -0.4 is 15.4 Å². The molecule has 0 saturated heterocycles. The first-order valence-corrected chi connectivity index (χ1v) is 9.28. The Balaban J connectivity index is 1.44. The summed E-state index contributed by atoms with van der Waals surface area (Å²) in [5.41, 5.74) is 2.36. The first kappa shape index (κ1) is 18.0. The number of hydrogen-bond acceptors (Lipinski definition) is 4. The summed E-state index contributed by atoms with van der Waals surface area (Å²) in [6.45, 7) is 0. The van der Waals surface area contributed by atoms with E-state index in [0.29, 0.717) is 5.82 Å². The molecule has 3 aromatic rings. The van der Waals surface area contributed by atoms with E-state index in [-0.39, 0.29) is 11.6 Å². The molecule has 2 N–H and O–H groups in total. The molecule has 0 aliphatic heterocycles. The van der Waals surface area contributed by atoms with Gasteiger partial charge in [0.25, 0.3) is 0 Å². The lowest BCUT2D eigenvalue weighted by molar-refractivity contribution is 0.184. The van der Waals surface area contributed by atoms with Gasteiger partial charge in [-0.25, -0.2) is 9.78 Å². The number of ether oxygens (including phenoxy) is 1. The maximum absolute atomic E-state index is 12.6. The maximum Gasteiger partial charge on any atom is 0.319 e. The lowest BCUT2D eigenvalue weighted by atomic mass is 9.72. The molecular formula is C21H23N5O2. The minimum absolute atomic E-state index is 0.216. The van der Waals surface area contributed by atoms with Gasteiger partial charge >= 0.3 is 6.03 Å². The molecule has 0 radical (unpaired) electrons. The fourth-order valence-corrected chi connectivity index (χ4v) is 3.49. The number of carbonyl (C=O) groups is 1. The average molecular weight is 377 g/mol. The average Bonchev–Trinajstić information content (AvgIpc) is 3.11. The maximum atomic E-state index is 12.6. The molecule has 0 unspecified atom stereocenters. The number of aryl methyl sites for hydroxylation is 1. The number of aromatic nitrogens is 3. The summed E-state index contributed by atoms with van der Waals surface area (Å²) < 4.78 is 6.99. The van der Waals surface area contributed by atoms with E-state index >= 15 is 0 Å². The number of rotatable bonds is 5. The number of anilines is 1. The highest BCUT2D eigenvalue weighted by molar-refractivity contribution is 5.90.